The molecule has 0 aliphatic rings. The van der Waals surface area contributed by atoms with Crippen molar-refractivity contribution in [1.82, 2.24) is 0 Å². The summed E-state index contributed by atoms with van der Waals surface area (Å²) in [6.07, 6.45) is 1.93. The van der Waals surface area contributed by atoms with E-state index in [2.05, 4.69) is 20.8 Å². The van der Waals surface area contributed by atoms with Crippen LogP contribution in [0.5, 0.6) is 0 Å². The Hall–Kier alpha value is -2.10. The van der Waals surface area contributed by atoms with Crippen molar-refractivity contribution in [3.05, 3.63) is 75.3 Å². The fourth-order valence-corrected chi connectivity index (χ4v) is 2.72. The van der Waals surface area contributed by atoms with Crippen LogP contribution in [0.25, 0.3) is 6.08 Å². The Balaban J connectivity index is 1.99. The van der Waals surface area contributed by atoms with Gasteiger partial charge in [0.1, 0.15) is 0 Å². The van der Waals surface area contributed by atoms with Crippen LogP contribution >= 0.6 is 23.2 Å². The molecule has 1 atom stereocenters. The molecule has 0 amide bonds. The minimum atomic E-state index is -0.878. The van der Waals surface area contributed by atoms with Crippen molar-refractivity contribution in [3.63, 3.8) is 0 Å². The Morgan fingerprint density at radius 2 is 1.63 bits per heavy atom. The molecule has 0 aliphatic heterocycles. The number of esters is 1. The molecule has 142 valence electrons. The molecule has 1 unspecified atom stereocenters. The van der Waals surface area contributed by atoms with Crippen LogP contribution in [-0.4, -0.2) is 17.9 Å². The van der Waals surface area contributed by atoms with Crippen molar-refractivity contribution >= 4 is 41.0 Å². The molecule has 3 nitrogen and oxygen atoms in total. The molecule has 0 aliphatic carbocycles. The highest BCUT2D eigenvalue weighted by atomic mass is 35.5. The summed E-state index contributed by atoms with van der Waals surface area (Å²) in [6.45, 7) is 7.88. The van der Waals surface area contributed by atoms with Crippen LogP contribution in [-0.2, 0) is 14.9 Å². The van der Waals surface area contributed by atoms with Gasteiger partial charge in [0.05, 0.1) is 10.0 Å². The van der Waals surface area contributed by atoms with Gasteiger partial charge in [0.2, 0.25) is 5.78 Å². The number of benzene rings is 2. The second-order valence-electron chi connectivity index (χ2n) is 7.28. The molecule has 0 spiro atoms. The highest BCUT2D eigenvalue weighted by molar-refractivity contribution is 6.42. The van der Waals surface area contributed by atoms with Crippen molar-refractivity contribution in [2.75, 3.05) is 0 Å². The Morgan fingerprint density at radius 3 is 2.19 bits per heavy atom. The van der Waals surface area contributed by atoms with E-state index in [1.54, 1.807) is 43.3 Å². The molecule has 0 saturated heterocycles. The van der Waals surface area contributed by atoms with Gasteiger partial charge >= 0.3 is 5.97 Å². The van der Waals surface area contributed by atoms with Crippen molar-refractivity contribution in [2.45, 2.75) is 39.2 Å². The van der Waals surface area contributed by atoms with Gasteiger partial charge in [-0.05, 0) is 41.7 Å². The fourth-order valence-electron chi connectivity index (χ4n) is 2.42. The lowest BCUT2D eigenvalue weighted by molar-refractivity contribution is -0.140. The van der Waals surface area contributed by atoms with Gasteiger partial charge in [0, 0.05) is 11.6 Å². The normalized spacial score (nSPS) is 12.8. The Bertz CT molecular complexity index is 862. The first kappa shape index (κ1) is 21.2. The highest BCUT2D eigenvalue weighted by Crippen LogP contribution is 2.24. The molecule has 0 bridgehead atoms. The van der Waals surface area contributed by atoms with Gasteiger partial charge in [-0.2, -0.15) is 0 Å². The molecule has 0 N–H and O–H groups in total. The number of Topliss-reactive ketones (excluding diaryl/α,β-unsaturated/α-hetero) is 1. The van der Waals surface area contributed by atoms with Crippen molar-refractivity contribution in [3.8, 4) is 0 Å². The van der Waals surface area contributed by atoms with E-state index in [0.717, 1.165) is 5.56 Å². The lowest BCUT2D eigenvalue weighted by Crippen LogP contribution is -2.23. The van der Waals surface area contributed by atoms with E-state index < -0.39 is 12.1 Å². The van der Waals surface area contributed by atoms with E-state index in [4.69, 9.17) is 27.9 Å². The molecule has 2 rings (SSSR count). The van der Waals surface area contributed by atoms with Gasteiger partial charge < -0.3 is 4.74 Å². The predicted molar refractivity (Wildman–Crippen MR) is 111 cm³/mol. The molecule has 0 saturated carbocycles. The number of ketones is 1. The number of hydrogen-bond donors (Lipinski definition) is 0. The summed E-state index contributed by atoms with van der Waals surface area (Å²) in [5, 5.41) is 0.836. The first-order valence-corrected chi connectivity index (χ1v) is 9.32. The maximum atomic E-state index is 12.5. The van der Waals surface area contributed by atoms with Crippen LogP contribution in [0.4, 0.5) is 0 Å². The number of ether oxygens (including phenoxy) is 1. The maximum Gasteiger partial charge on any atom is 0.331 e. The standard InChI is InChI=1S/C22H22Cl2O3/c1-14(21(26)16-7-9-17(10-8-16)22(2,3)4)27-20(25)12-6-15-5-11-18(23)19(24)13-15/h5-14H,1-4H3. The highest BCUT2D eigenvalue weighted by Gasteiger charge is 2.20. The Labute approximate surface area is 169 Å². The van der Waals surface area contributed by atoms with E-state index in [9.17, 15) is 9.59 Å². The van der Waals surface area contributed by atoms with Crippen LogP contribution in [0.2, 0.25) is 10.0 Å². The molecule has 2 aromatic rings. The average molecular weight is 405 g/mol. The van der Waals surface area contributed by atoms with Crippen LogP contribution in [0.15, 0.2) is 48.5 Å². The summed E-state index contributed by atoms with van der Waals surface area (Å²) in [5.74, 6) is -0.847. The molecular weight excluding hydrogens is 383 g/mol. The van der Waals surface area contributed by atoms with Gasteiger partial charge in [0.25, 0.3) is 0 Å². The third-order valence-electron chi connectivity index (χ3n) is 4.05. The molecule has 0 radical (unpaired) electrons. The largest absolute Gasteiger partial charge is 0.451 e. The number of carbonyl (C=O) groups is 2. The summed E-state index contributed by atoms with van der Waals surface area (Å²) in [6, 6.07) is 12.4. The molecule has 0 aromatic heterocycles. The van der Waals surface area contributed by atoms with Gasteiger partial charge in [0.15, 0.2) is 6.10 Å². The number of halogens is 2. The lowest BCUT2D eigenvalue weighted by atomic mass is 9.86. The van der Waals surface area contributed by atoms with Crippen molar-refractivity contribution in [1.29, 1.82) is 0 Å². The van der Waals surface area contributed by atoms with Crippen molar-refractivity contribution < 1.29 is 14.3 Å². The SMILES string of the molecule is CC(OC(=O)C=Cc1ccc(Cl)c(Cl)c1)C(=O)c1ccc(C(C)(C)C)cc1. The third-order valence-corrected chi connectivity index (χ3v) is 4.79. The van der Waals surface area contributed by atoms with Crippen LogP contribution in [0.3, 0.4) is 0 Å². The minimum absolute atomic E-state index is 0.00895. The van der Waals surface area contributed by atoms with Gasteiger partial charge in [-0.15, -0.1) is 0 Å². The molecule has 0 heterocycles. The zero-order valence-corrected chi connectivity index (χ0v) is 17.3. The third kappa shape index (κ3) is 5.95. The molecule has 0 fully saturated rings. The number of carbonyl (C=O) groups excluding carboxylic acids is 2. The second kappa shape index (κ2) is 8.73. The molecular formula is C22H22Cl2O3. The van der Waals surface area contributed by atoms with Gasteiger partial charge in [-0.1, -0.05) is 74.3 Å². The summed E-state index contributed by atoms with van der Waals surface area (Å²) >= 11 is 11.8. The summed E-state index contributed by atoms with van der Waals surface area (Å²) in [4.78, 5) is 24.4. The summed E-state index contributed by atoms with van der Waals surface area (Å²) in [5.41, 5.74) is 2.36. The quantitative estimate of drug-likeness (QED) is 0.342. The van der Waals surface area contributed by atoms with E-state index in [-0.39, 0.29) is 11.2 Å². The molecule has 2 aromatic carbocycles. The monoisotopic (exact) mass is 404 g/mol. The Morgan fingerprint density at radius 1 is 1.00 bits per heavy atom. The smallest absolute Gasteiger partial charge is 0.331 e. The van der Waals surface area contributed by atoms with E-state index in [0.29, 0.717) is 21.2 Å². The zero-order chi connectivity index (χ0) is 20.2. The Kier molecular flexibility index (Phi) is 6.85. The van der Waals surface area contributed by atoms with Crippen LogP contribution in [0, 0.1) is 0 Å². The predicted octanol–water partition coefficient (Wildman–Crippen LogP) is 6.12. The second-order valence-corrected chi connectivity index (χ2v) is 8.09. The maximum absolute atomic E-state index is 12.5. The van der Waals surface area contributed by atoms with Gasteiger partial charge in [-0.3, -0.25) is 4.79 Å². The zero-order valence-electron chi connectivity index (χ0n) is 15.8. The average Bonchev–Trinajstić information content (AvgIpc) is 2.61. The molecule has 5 heteroatoms. The van der Waals surface area contributed by atoms with Crippen LogP contribution < -0.4 is 0 Å². The van der Waals surface area contributed by atoms with Gasteiger partial charge in [-0.25, -0.2) is 4.79 Å². The van der Waals surface area contributed by atoms with Crippen LogP contribution in [0.1, 0.15) is 49.2 Å². The van der Waals surface area contributed by atoms with E-state index in [1.165, 1.54) is 6.08 Å². The minimum Gasteiger partial charge on any atom is -0.451 e. The fraction of sp³-hybridized carbons (Fsp3) is 0.273. The topological polar surface area (TPSA) is 43.4 Å². The summed E-state index contributed by atoms with van der Waals surface area (Å²) in [7, 11) is 0. The van der Waals surface area contributed by atoms with E-state index in [1.807, 2.05) is 12.1 Å². The number of hydrogen-bond acceptors (Lipinski definition) is 3. The first-order chi connectivity index (χ1) is 12.6. The van der Waals surface area contributed by atoms with E-state index >= 15 is 0 Å². The molecule has 27 heavy (non-hydrogen) atoms. The first-order valence-electron chi connectivity index (χ1n) is 8.56. The number of rotatable bonds is 5. The summed E-state index contributed by atoms with van der Waals surface area (Å²) < 4.78 is 5.21. The lowest BCUT2D eigenvalue weighted by Gasteiger charge is -2.19. The van der Waals surface area contributed by atoms with Crippen molar-refractivity contribution in [2.24, 2.45) is 0 Å².